The van der Waals surface area contributed by atoms with Crippen molar-refractivity contribution in [1.82, 2.24) is 0 Å². The zero-order valence-corrected chi connectivity index (χ0v) is 37.8. The molecule has 12 rings (SSSR count). The van der Waals surface area contributed by atoms with Gasteiger partial charge in [-0.3, -0.25) is 0 Å². The first-order chi connectivity index (χ1) is 32.5. The number of benzene rings is 10. The molecule has 2 aliphatic rings. The Morgan fingerprint density at radius 2 is 1.00 bits per heavy atom. The molecular weight excluding hydrogens is 795 g/mol. The van der Waals surface area contributed by atoms with Gasteiger partial charge in [0.15, 0.2) is 0 Å². The third-order valence-electron chi connectivity index (χ3n) is 14.8. The van der Waals surface area contributed by atoms with Crippen molar-refractivity contribution in [2.24, 2.45) is 0 Å². The van der Waals surface area contributed by atoms with Crippen LogP contribution in [-0.4, -0.2) is 0 Å². The molecule has 1 nitrogen and oxygen atoms in total. The maximum atomic E-state index is 2.57. The maximum absolute atomic E-state index is 2.57. The van der Waals surface area contributed by atoms with Crippen molar-refractivity contribution >= 4 is 38.6 Å². The largest absolute Gasteiger partial charge is 0.309 e. The van der Waals surface area contributed by atoms with Gasteiger partial charge in [-0.2, -0.15) is 0 Å². The predicted molar refractivity (Wildman–Crippen MR) is 281 cm³/mol. The molecule has 0 unspecified atom stereocenters. The molecule has 0 heterocycles. The Balaban J connectivity index is 1.14. The van der Waals surface area contributed by atoms with Gasteiger partial charge in [0, 0.05) is 22.2 Å². The zero-order chi connectivity index (χ0) is 44.2. The Morgan fingerprint density at radius 1 is 0.394 bits per heavy atom. The summed E-state index contributed by atoms with van der Waals surface area (Å²) in [7, 11) is 0. The molecule has 1 saturated carbocycles. The molecule has 0 aromatic heterocycles. The predicted octanol–water partition coefficient (Wildman–Crippen LogP) is 18.5. The van der Waals surface area contributed by atoms with E-state index in [9.17, 15) is 0 Å². The van der Waals surface area contributed by atoms with Crippen LogP contribution in [0.2, 0.25) is 0 Å². The van der Waals surface area contributed by atoms with Crippen LogP contribution in [0.25, 0.3) is 77.2 Å². The van der Waals surface area contributed by atoms with E-state index in [2.05, 4.69) is 237 Å². The molecule has 66 heavy (non-hydrogen) atoms. The second-order valence-corrected chi connectivity index (χ2v) is 19.0. The zero-order valence-electron chi connectivity index (χ0n) is 37.8. The van der Waals surface area contributed by atoms with Crippen LogP contribution < -0.4 is 4.90 Å². The van der Waals surface area contributed by atoms with Gasteiger partial charge in [-0.15, -0.1) is 0 Å². The van der Waals surface area contributed by atoms with E-state index < -0.39 is 0 Å². The first kappa shape index (κ1) is 40.1. The molecule has 0 spiro atoms. The van der Waals surface area contributed by atoms with Gasteiger partial charge in [0.05, 0.1) is 11.4 Å². The average molecular weight is 848 g/mol. The van der Waals surface area contributed by atoms with Gasteiger partial charge >= 0.3 is 0 Å². The Labute approximate surface area is 389 Å². The van der Waals surface area contributed by atoms with E-state index in [-0.39, 0.29) is 5.41 Å². The number of fused-ring (bicyclic) bond motifs is 5. The third-order valence-corrected chi connectivity index (χ3v) is 14.8. The quantitative estimate of drug-likeness (QED) is 0.147. The summed E-state index contributed by atoms with van der Waals surface area (Å²) in [6, 6.07) is 81.9. The first-order valence-electron chi connectivity index (χ1n) is 24.0. The highest BCUT2D eigenvalue weighted by atomic mass is 15.1. The second-order valence-electron chi connectivity index (χ2n) is 19.0. The fourth-order valence-electron chi connectivity index (χ4n) is 11.8. The minimum atomic E-state index is -0.150. The van der Waals surface area contributed by atoms with Gasteiger partial charge in [-0.05, 0) is 126 Å². The van der Waals surface area contributed by atoms with E-state index >= 15 is 0 Å². The monoisotopic (exact) mass is 847 g/mol. The summed E-state index contributed by atoms with van der Waals surface area (Å²) >= 11 is 0. The molecule has 10 aromatic rings. The van der Waals surface area contributed by atoms with E-state index in [0.29, 0.717) is 5.92 Å². The first-order valence-corrected chi connectivity index (χ1v) is 24.0. The molecule has 0 amide bonds. The normalized spacial score (nSPS) is 14.3. The summed E-state index contributed by atoms with van der Waals surface area (Å²) in [5.74, 6) is 0.564. The van der Waals surface area contributed by atoms with Crippen LogP contribution >= 0.6 is 0 Å². The average Bonchev–Trinajstić information content (AvgIpc) is 3.62. The van der Waals surface area contributed by atoms with E-state index in [0.717, 1.165) is 17.1 Å². The van der Waals surface area contributed by atoms with E-state index in [1.807, 2.05) is 0 Å². The lowest BCUT2D eigenvalue weighted by Gasteiger charge is -2.32. The molecule has 0 bridgehead atoms. The van der Waals surface area contributed by atoms with Crippen molar-refractivity contribution in [1.29, 1.82) is 0 Å². The maximum Gasteiger partial charge on any atom is 0.0546 e. The van der Waals surface area contributed by atoms with Gasteiger partial charge in [0.2, 0.25) is 0 Å². The highest BCUT2D eigenvalue weighted by Crippen LogP contribution is 2.54. The number of anilines is 3. The Hall–Kier alpha value is -7.48. The summed E-state index contributed by atoms with van der Waals surface area (Å²) < 4.78 is 0. The second kappa shape index (κ2) is 16.5. The number of nitrogens with zero attached hydrogens (tertiary/aromatic N) is 1. The molecule has 0 atom stereocenters. The van der Waals surface area contributed by atoms with E-state index in [1.54, 1.807) is 0 Å². The molecule has 10 aromatic carbocycles. The number of hydrogen-bond acceptors (Lipinski definition) is 1. The van der Waals surface area contributed by atoms with Crippen molar-refractivity contribution < 1.29 is 0 Å². The smallest absolute Gasteiger partial charge is 0.0546 e. The molecule has 318 valence electrons. The fraction of sp³-hybridized carbons (Fsp3) is 0.138. The highest BCUT2D eigenvalue weighted by molar-refractivity contribution is 6.05. The SMILES string of the molecule is CC1(C)c2ccccc2-c2cccc(-c3cccc(N(c4cc(-c5cccc6ccccc56)ccc4-c4ccccc4)c4ccccc4-c4cccc5cccc(C6CCCCC6)c45)c3)c21. The fourth-order valence-corrected chi connectivity index (χ4v) is 11.8. The molecule has 1 heteroatoms. The van der Waals surface area contributed by atoms with Crippen molar-refractivity contribution in [3.8, 4) is 55.6 Å². The number of rotatable bonds is 8. The topological polar surface area (TPSA) is 3.24 Å². The summed E-state index contributed by atoms with van der Waals surface area (Å²) in [6.07, 6.45) is 6.43. The van der Waals surface area contributed by atoms with Crippen molar-refractivity contribution in [2.75, 3.05) is 4.90 Å². The minimum Gasteiger partial charge on any atom is -0.309 e. The van der Waals surface area contributed by atoms with E-state index in [1.165, 1.54) is 126 Å². The number of para-hydroxylation sites is 1. The molecule has 0 saturated heterocycles. The van der Waals surface area contributed by atoms with Gasteiger partial charge in [-0.25, -0.2) is 0 Å². The van der Waals surface area contributed by atoms with Gasteiger partial charge < -0.3 is 4.90 Å². The third kappa shape index (κ3) is 6.76. The van der Waals surface area contributed by atoms with Gasteiger partial charge in [-0.1, -0.05) is 227 Å². The van der Waals surface area contributed by atoms with Crippen molar-refractivity contribution in [2.45, 2.75) is 57.3 Å². The van der Waals surface area contributed by atoms with Crippen molar-refractivity contribution in [3.05, 3.63) is 235 Å². The lowest BCUT2D eigenvalue weighted by molar-refractivity contribution is 0.445. The van der Waals surface area contributed by atoms with E-state index in [4.69, 9.17) is 0 Å². The summed E-state index contributed by atoms with van der Waals surface area (Å²) in [5.41, 5.74) is 20.0. The van der Waals surface area contributed by atoms with Crippen LogP contribution in [0.5, 0.6) is 0 Å². The van der Waals surface area contributed by atoms with Crippen LogP contribution in [-0.2, 0) is 5.41 Å². The van der Waals surface area contributed by atoms with Gasteiger partial charge in [0.1, 0.15) is 0 Å². The van der Waals surface area contributed by atoms with Gasteiger partial charge in [0.25, 0.3) is 0 Å². The van der Waals surface area contributed by atoms with Crippen LogP contribution in [0.4, 0.5) is 17.1 Å². The molecule has 0 N–H and O–H groups in total. The van der Waals surface area contributed by atoms with Crippen LogP contribution in [0.1, 0.15) is 68.6 Å². The lowest BCUT2D eigenvalue weighted by Crippen LogP contribution is -2.16. The minimum absolute atomic E-state index is 0.150. The Kier molecular flexibility index (Phi) is 10.0. The van der Waals surface area contributed by atoms with Crippen LogP contribution in [0, 0.1) is 0 Å². The molecule has 0 radical (unpaired) electrons. The standard InChI is InChI=1S/C65H53N/c1-65(2)60-38-13-11-31-56(60)59-37-19-35-55(64(59)65)48-28-15-29-50(42-48)66(61-39-14-12-32-57(61)58-36-18-27-47-26-17-34-54(63(47)58)46-22-7-4-8-23-46)62-43-49(40-41-53(62)45-20-5-3-6-21-45)52-33-16-25-44-24-9-10-30-51(44)52/h3,5-6,9-21,24-43,46H,4,7-8,22-23H2,1-2H3. The molecule has 2 aliphatic carbocycles. The summed E-state index contributed by atoms with van der Waals surface area (Å²) in [5, 5.41) is 5.19. The molecule has 1 fully saturated rings. The Morgan fingerprint density at radius 3 is 1.86 bits per heavy atom. The number of hydrogen-bond donors (Lipinski definition) is 0. The molecule has 0 aliphatic heterocycles. The van der Waals surface area contributed by atoms with Crippen LogP contribution in [0.15, 0.2) is 218 Å². The highest BCUT2D eigenvalue weighted by Gasteiger charge is 2.37. The summed E-state index contributed by atoms with van der Waals surface area (Å²) in [6.45, 7) is 4.79. The molecular formula is C65H53N. The van der Waals surface area contributed by atoms with Crippen molar-refractivity contribution in [3.63, 3.8) is 0 Å². The lowest BCUT2D eigenvalue weighted by atomic mass is 9.79. The van der Waals surface area contributed by atoms with Crippen LogP contribution in [0.3, 0.4) is 0 Å². The Bertz CT molecular complexity index is 3430. The summed E-state index contributed by atoms with van der Waals surface area (Å²) in [4.78, 5) is 2.57.